The SMILES string of the molecule is BrCC1(CBr)CCC(CBr)(CBr)CC1. The molecule has 0 amide bonds. The number of halogens is 4. The van der Waals surface area contributed by atoms with Crippen molar-refractivity contribution in [2.75, 3.05) is 21.3 Å². The molecular weight excluding hydrogens is 440 g/mol. The van der Waals surface area contributed by atoms with Crippen LogP contribution in [0.2, 0.25) is 0 Å². The van der Waals surface area contributed by atoms with Crippen molar-refractivity contribution >= 4 is 63.7 Å². The monoisotopic (exact) mass is 452 g/mol. The molecule has 0 atom stereocenters. The lowest BCUT2D eigenvalue weighted by molar-refractivity contribution is 0.152. The number of hydrogen-bond acceptors (Lipinski definition) is 0. The normalized spacial score (nSPS) is 24.9. The Bertz CT molecular complexity index is 141. The summed E-state index contributed by atoms with van der Waals surface area (Å²) in [6, 6.07) is 0. The van der Waals surface area contributed by atoms with Crippen LogP contribution in [-0.2, 0) is 0 Å². The van der Waals surface area contributed by atoms with Crippen molar-refractivity contribution in [2.24, 2.45) is 10.8 Å². The third kappa shape index (κ3) is 2.98. The van der Waals surface area contributed by atoms with E-state index < -0.39 is 0 Å². The molecular formula is C10H16Br4. The Morgan fingerprint density at radius 3 is 0.929 bits per heavy atom. The van der Waals surface area contributed by atoms with Crippen LogP contribution in [0.5, 0.6) is 0 Å². The Balaban J connectivity index is 2.59. The molecule has 14 heavy (non-hydrogen) atoms. The molecule has 0 radical (unpaired) electrons. The lowest BCUT2D eigenvalue weighted by Gasteiger charge is -2.44. The predicted octanol–water partition coefficient (Wildman–Crippen LogP) is 5.11. The highest BCUT2D eigenvalue weighted by Crippen LogP contribution is 2.48. The van der Waals surface area contributed by atoms with Gasteiger partial charge in [-0.3, -0.25) is 0 Å². The molecule has 0 aliphatic heterocycles. The molecule has 0 nitrogen and oxygen atoms in total. The van der Waals surface area contributed by atoms with E-state index in [-0.39, 0.29) is 0 Å². The van der Waals surface area contributed by atoms with Crippen molar-refractivity contribution in [2.45, 2.75) is 25.7 Å². The van der Waals surface area contributed by atoms with Gasteiger partial charge in [-0.1, -0.05) is 63.7 Å². The van der Waals surface area contributed by atoms with Gasteiger partial charge in [0.15, 0.2) is 0 Å². The maximum atomic E-state index is 3.66. The van der Waals surface area contributed by atoms with Gasteiger partial charge in [0.1, 0.15) is 0 Å². The van der Waals surface area contributed by atoms with Crippen LogP contribution in [0.4, 0.5) is 0 Å². The van der Waals surface area contributed by atoms with Gasteiger partial charge in [0, 0.05) is 21.3 Å². The van der Waals surface area contributed by atoms with Gasteiger partial charge >= 0.3 is 0 Å². The average molecular weight is 456 g/mol. The fourth-order valence-electron chi connectivity index (χ4n) is 1.92. The van der Waals surface area contributed by atoms with E-state index in [1.165, 1.54) is 25.7 Å². The zero-order valence-electron chi connectivity index (χ0n) is 8.17. The highest BCUT2D eigenvalue weighted by Gasteiger charge is 2.40. The fourth-order valence-corrected chi connectivity index (χ4v) is 6.02. The summed E-state index contributed by atoms with van der Waals surface area (Å²) < 4.78 is 0. The average Bonchev–Trinajstić information content (AvgIpc) is 2.29. The second-order valence-corrected chi connectivity index (χ2v) is 6.78. The summed E-state index contributed by atoms with van der Waals surface area (Å²) in [7, 11) is 0. The Hall–Kier alpha value is 1.92. The highest BCUT2D eigenvalue weighted by molar-refractivity contribution is 9.10. The van der Waals surface area contributed by atoms with Crippen molar-refractivity contribution < 1.29 is 0 Å². The zero-order chi connectivity index (χ0) is 10.7. The summed E-state index contributed by atoms with van der Waals surface area (Å²) in [6.45, 7) is 0. The van der Waals surface area contributed by atoms with Gasteiger partial charge in [-0.15, -0.1) is 0 Å². The molecule has 1 rings (SSSR count). The van der Waals surface area contributed by atoms with Crippen LogP contribution in [0.3, 0.4) is 0 Å². The van der Waals surface area contributed by atoms with Crippen LogP contribution < -0.4 is 0 Å². The van der Waals surface area contributed by atoms with E-state index in [2.05, 4.69) is 63.7 Å². The third-order valence-electron chi connectivity index (χ3n) is 3.51. The van der Waals surface area contributed by atoms with Crippen LogP contribution in [0, 0.1) is 10.8 Å². The molecule has 0 aromatic carbocycles. The molecule has 1 saturated carbocycles. The maximum Gasteiger partial charge on any atom is 0.00959 e. The summed E-state index contributed by atoms with van der Waals surface area (Å²) in [5, 5.41) is 4.52. The second-order valence-electron chi connectivity index (χ2n) is 4.53. The predicted molar refractivity (Wildman–Crippen MR) is 78.5 cm³/mol. The van der Waals surface area contributed by atoms with Crippen molar-refractivity contribution in [3.63, 3.8) is 0 Å². The Kier molecular flexibility index (Phi) is 6.01. The van der Waals surface area contributed by atoms with Gasteiger partial charge in [0.05, 0.1) is 0 Å². The molecule has 0 aromatic heterocycles. The van der Waals surface area contributed by atoms with Crippen LogP contribution in [0.15, 0.2) is 0 Å². The van der Waals surface area contributed by atoms with E-state index in [4.69, 9.17) is 0 Å². The maximum absolute atomic E-state index is 3.66. The second kappa shape index (κ2) is 6.02. The highest BCUT2D eigenvalue weighted by atomic mass is 79.9. The molecule has 0 bridgehead atoms. The van der Waals surface area contributed by atoms with E-state index in [1.54, 1.807) is 0 Å². The minimum absolute atomic E-state index is 0.508. The fraction of sp³-hybridized carbons (Fsp3) is 1.00. The lowest BCUT2D eigenvalue weighted by atomic mass is 9.67. The Labute approximate surface area is 120 Å². The molecule has 0 saturated heterocycles. The van der Waals surface area contributed by atoms with Crippen LogP contribution >= 0.6 is 63.7 Å². The zero-order valence-corrected chi connectivity index (χ0v) is 14.5. The first kappa shape index (κ1) is 14.0. The molecule has 1 fully saturated rings. The Morgan fingerprint density at radius 2 is 0.786 bits per heavy atom. The topological polar surface area (TPSA) is 0 Å². The third-order valence-corrected chi connectivity index (χ3v) is 8.26. The number of hydrogen-bond donors (Lipinski definition) is 0. The summed E-state index contributed by atoms with van der Waals surface area (Å²) >= 11 is 14.6. The summed E-state index contributed by atoms with van der Waals surface area (Å²) in [4.78, 5) is 0. The first-order valence-corrected chi connectivity index (χ1v) is 9.38. The summed E-state index contributed by atoms with van der Waals surface area (Å²) in [5.74, 6) is 0. The Morgan fingerprint density at radius 1 is 0.571 bits per heavy atom. The largest absolute Gasteiger partial charge is 0.0922 e. The molecule has 0 unspecified atom stereocenters. The minimum Gasteiger partial charge on any atom is -0.0922 e. The minimum atomic E-state index is 0.508. The van der Waals surface area contributed by atoms with Crippen molar-refractivity contribution in [1.82, 2.24) is 0 Å². The summed E-state index contributed by atoms with van der Waals surface area (Å²) in [6.07, 6.45) is 5.34. The first-order chi connectivity index (χ1) is 6.66. The van der Waals surface area contributed by atoms with E-state index in [1.807, 2.05) is 0 Å². The van der Waals surface area contributed by atoms with Gasteiger partial charge in [-0.05, 0) is 36.5 Å². The molecule has 84 valence electrons. The van der Waals surface area contributed by atoms with Gasteiger partial charge in [0.25, 0.3) is 0 Å². The molecule has 0 spiro atoms. The van der Waals surface area contributed by atoms with Gasteiger partial charge in [0.2, 0.25) is 0 Å². The van der Waals surface area contributed by atoms with Crippen molar-refractivity contribution in [3.8, 4) is 0 Å². The van der Waals surface area contributed by atoms with Gasteiger partial charge in [-0.25, -0.2) is 0 Å². The van der Waals surface area contributed by atoms with Crippen molar-refractivity contribution in [1.29, 1.82) is 0 Å². The van der Waals surface area contributed by atoms with Gasteiger partial charge < -0.3 is 0 Å². The van der Waals surface area contributed by atoms with E-state index in [9.17, 15) is 0 Å². The van der Waals surface area contributed by atoms with E-state index in [0.717, 1.165) is 21.3 Å². The number of rotatable bonds is 4. The quantitative estimate of drug-likeness (QED) is 0.517. The van der Waals surface area contributed by atoms with Crippen LogP contribution in [0.1, 0.15) is 25.7 Å². The van der Waals surface area contributed by atoms with Crippen molar-refractivity contribution in [3.05, 3.63) is 0 Å². The first-order valence-electron chi connectivity index (χ1n) is 4.90. The molecule has 0 N–H and O–H groups in total. The molecule has 1 aliphatic rings. The van der Waals surface area contributed by atoms with Crippen LogP contribution in [0.25, 0.3) is 0 Å². The standard InChI is InChI=1S/C10H16Br4/c11-5-9(6-12)1-2-10(7-13,8-14)4-3-9/h1-8H2. The smallest absolute Gasteiger partial charge is 0.00959 e. The molecule has 1 aliphatic carbocycles. The summed E-state index contributed by atoms with van der Waals surface area (Å²) in [5.41, 5.74) is 1.02. The number of alkyl halides is 4. The molecule has 4 heteroatoms. The van der Waals surface area contributed by atoms with E-state index >= 15 is 0 Å². The van der Waals surface area contributed by atoms with Crippen LogP contribution in [-0.4, -0.2) is 21.3 Å². The van der Waals surface area contributed by atoms with E-state index in [0.29, 0.717) is 10.8 Å². The molecule has 0 heterocycles. The lowest BCUT2D eigenvalue weighted by Crippen LogP contribution is -2.38. The molecule has 0 aromatic rings. The van der Waals surface area contributed by atoms with Gasteiger partial charge in [-0.2, -0.15) is 0 Å².